The SMILES string of the molecule is CCS(=O)(=O)n1cc(-c2ccnc(Nc3ccc4c(ccn4CCN(C)C)c3)n2)c2ccccc21. The number of nitrogens with zero attached hydrogens (tertiary/aromatic N) is 5. The second-order valence-electron chi connectivity index (χ2n) is 8.73. The average Bonchev–Trinajstić information content (AvgIpc) is 3.44. The molecule has 0 bridgehead atoms. The van der Waals surface area contributed by atoms with Crippen LogP contribution in [0, 0.1) is 0 Å². The van der Waals surface area contributed by atoms with E-state index in [1.54, 1.807) is 25.4 Å². The summed E-state index contributed by atoms with van der Waals surface area (Å²) in [4.78, 5) is 11.3. The van der Waals surface area contributed by atoms with Crippen LogP contribution in [0.3, 0.4) is 0 Å². The van der Waals surface area contributed by atoms with Gasteiger partial charge in [0.05, 0.1) is 17.0 Å². The van der Waals surface area contributed by atoms with Crippen molar-refractivity contribution in [2.45, 2.75) is 13.5 Å². The molecular formula is C26H28N6O2S. The summed E-state index contributed by atoms with van der Waals surface area (Å²) in [5, 5.41) is 5.26. The Labute approximate surface area is 204 Å². The molecule has 180 valence electrons. The Morgan fingerprint density at radius 1 is 1.03 bits per heavy atom. The molecule has 0 fully saturated rings. The van der Waals surface area contributed by atoms with Gasteiger partial charge in [-0.2, -0.15) is 0 Å². The zero-order valence-corrected chi connectivity index (χ0v) is 20.8. The maximum Gasteiger partial charge on any atom is 0.238 e. The minimum atomic E-state index is -3.45. The highest BCUT2D eigenvalue weighted by atomic mass is 32.2. The van der Waals surface area contributed by atoms with Gasteiger partial charge in [0.25, 0.3) is 0 Å². The van der Waals surface area contributed by atoms with Crippen molar-refractivity contribution in [3.05, 3.63) is 73.2 Å². The number of aromatic nitrogens is 4. The molecule has 1 N–H and O–H groups in total. The van der Waals surface area contributed by atoms with Gasteiger partial charge in [-0.25, -0.2) is 22.4 Å². The maximum atomic E-state index is 12.7. The summed E-state index contributed by atoms with van der Waals surface area (Å²) >= 11 is 0. The topological polar surface area (TPSA) is 85.0 Å². The molecule has 0 saturated carbocycles. The van der Waals surface area contributed by atoms with Gasteiger partial charge in [-0.15, -0.1) is 0 Å². The summed E-state index contributed by atoms with van der Waals surface area (Å²) in [5.74, 6) is 0.463. The molecule has 0 amide bonds. The minimum Gasteiger partial charge on any atom is -0.346 e. The lowest BCUT2D eigenvalue weighted by atomic mass is 10.1. The third-order valence-electron chi connectivity index (χ3n) is 6.09. The Morgan fingerprint density at radius 2 is 1.86 bits per heavy atom. The van der Waals surface area contributed by atoms with Crippen LogP contribution in [-0.4, -0.2) is 58.2 Å². The van der Waals surface area contributed by atoms with Gasteiger partial charge in [-0.3, -0.25) is 0 Å². The number of fused-ring (bicyclic) bond motifs is 2. The highest BCUT2D eigenvalue weighted by Gasteiger charge is 2.18. The van der Waals surface area contributed by atoms with E-state index in [4.69, 9.17) is 4.98 Å². The van der Waals surface area contributed by atoms with Crippen LogP contribution in [0.15, 0.2) is 73.2 Å². The molecule has 3 aromatic heterocycles. The normalized spacial score (nSPS) is 12.1. The first-order valence-corrected chi connectivity index (χ1v) is 13.1. The number of benzene rings is 2. The van der Waals surface area contributed by atoms with E-state index in [9.17, 15) is 8.42 Å². The predicted octanol–water partition coefficient (Wildman–Crippen LogP) is 4.56. The molecule has 2 aromatic carbocycles. The monoisotopic (exact) mass is 488 g/mol. The molecule has 3 heterocycles. The summed E-state index contributed by atoms with van der Waals surface area (Å²) in [6.07, 6.45) is 5.44. The van der Waals surface area contributed by atoms with Gasteiger partial charge in [0, 0.05) is 59.2 Å². The van der Waals surface area contributed by atoms with Crippen molar-refractivity contribution in [2.24, 2.45) is 0 Å². The van der Waals surface area contributed by atoms with Crippen LogP contribution in [0.1, 0.15) is 6.92 Å². The van der Waals surface area contributed by atoms with Crippen LogP contribution in [0.25, 0.3) is 33.1 Å². The number of anilines is 2. The molecule has 0 saturated heterocycles. The predicted molar refractivity (Wildman–Crippen MR) is 142 cm³/mol. The Kier molecular flexibility index (Phi) is 6.04. The molecule has 0 spiro atoms. The van der Waals surface area contributed by atoms with Gasteiger partial charge in [-0.1, -0.05) is 18.2 Å². The zero-order chi connectivity index (χ0) is 24.6. The van der Waals surface area contributed by atoms with Crippen LogP contribution < -0.4 is 5.32 Å². The third-order valence-corrected chi connectivity index (χ3v) is 7.72. The van der Waals surface area contributed by atoms with E-state index in [2.05, 4.69) is 58.3 Å². The number of rotatable bonds is 8. The first-order chi connectivity index (χ1) is 16.9. The molecule has 0 aliphatic carbocycles. The first-order valence-electron chi connectivity index (χ1n) is 11.5. The lowest BCUT2D eigenvalue weighted by molar-refractivity contribution is 0.387. The van der Waals surface area contributed by atoms with Crippen molar-refractivity contribution in [1.29, 1.82) is 0 Å². The van der Waals surface area contributed by atoms with Crippen molar-refractivity contribution in [3.63, 3.8) is 0 Å². The molecule has 0 aliphatic heterocycles. The van der Waals surface area contributed by atoms with Crippen molar-refractivity contribution in [2.75, 3.05) is 31.7 Å². The van der Waals surface area contributed by atoms with Crippen LogP contribution in [0.5, 0.6) is 0 Å². The van der Waals surface area contributed by atoms with Gasteiger partial charge < -0.3 is 14.8 Å². The molecule has 0 unspecified atom stereocenters. The number of nitrogens with one attached hydrogen (secondary N) is 1. The number of hydrogen-bond acceptors (Lipinski definition) is 6. The van der Waals surface area contributed by atoms with Crippen LogP contribution >= 0.6 is 0 Å². The summed E-state index contributed by atoms with van der Waals surface area (Å²) in [7, 11) is 0.698. The van der Waals surface area contributed by atoms with E-state index < -0.39 is 10.0 Å². The van der Waals surface area contributed by atoms with Gasteiger partial charge in [-0.05, 0) is 57.4 Å². The third kappa shape index (κ3) is 4.52. The van der Waals surface area contributed by atoms with Crippen molar-refractivity contribution in [1.82, 2.24) is 23.4 Å². The van der Waals surface area contributed by atoms with Crippen LogP contribution in [0.2, 0.25) is 0 Å². The Hall–Kier alpha value is -3.69. The van der Waals surface area contributed by atoms with Gasteiger partial charge >= 0.3 is 0 Å². The van der Waals surface area contributed by atoms with E-state index in [-0.39, 0.29) is 5.75 Å². The highest BCUT2D eigenvalue weighted by Crippen LogP contribution is 2.31. The summed E-state index contributed by atoms with van der Waals surface area (Å²) in [6, 6.07) is 17.6. The van der Waals surface area contributed by atoms with Gasteiger partial charge in [0.15, 0.2) is 0 Å². The molecule has 9 heteroatoms. The Morgan fingerprint density at radius 3 is 2.66 bits per heavy atom. The number of hydrogen-bond donors (Lipinski definition) is 1. The average molecular weight is 489 g/mol. The van der Waals surface area contributed by atoms with E-state index >= 15 is 0 Å². The van der Waals surface area contributed by atoms with Crippen LogP contribution in [-0.2, 0) is 16.6 Å². The second-order valence-corrected chi connectivity index (χ2v) is 10.9. The smallest absolute Gasteiger partial charge is 0.238 e. The molecule has 0 radical (unpaired) electrons. The van der Waals surface area contributed by atoms with Crippen molar-refractivity contribution < 1.29 is 8.42 Å². The molecule has 5 aromatic rings. The Bertz CT molecular complexity index is 1620. The van der Waals surface area contributed by atoms with E-state index in [0.29, 0.717) is 17.2 Å². The molecule has 0 aliphatic rings. The highest BCUT2D eigenvalue weighted by molar-refractivity contribution is 7.90. The van der Waals surface area contributed by atoms with E-state index in [1.165, 1.54) is 9.49 Å². The second kappa shape index (κ2) is 9.16. The lowest BCUT2D eigenvalue weighted by Gasteiger charge is -2.11. The fourth-order valence-corrected chi connectivity index (χ4v) is 5.20. The Balaban J connectivity index is 1.47. The quantitative estimate of drug-likeness (QED) is 0.345. The van der Waals surface area contributed by atoms with Crippen molar-refractivity contribution >= 4 is 43.5 Å². The molecule has 35 heavy (non-hydrogen) atoms. The summed E-state index contributed by atoms with van der Waals surface area (Å²) < 4.78 is 28.9. The molecule has 5 rings (SSSR count). The van der Waals surface area contributed by atoms with E-state index in [0.717, 1.165) is 35.1 Å². The maximum absolute atomic E-state index is 12.7. The lowest BCUT2D eigenvalue weighted by Crippen LogP contribution is -2.17. The van der Waals surface area contributed by atoms with Gasteiger partial charge in [0.1, 0.15) is 0 Å². The number of likely N-dealkylation sites (N-methyl/N-ethyl adjacent to an activating group) is 1. The number of para-hydroxylation sites is 1. The standard InChI is InChI=1S/C26H28N6O2S/c1-4-35(33,34)32-18-22(21-7-5-6-8-25(21)32)23-11-13-27-26(29-23)28-20-9-10-24-19(17-20)12-14-31(24)16-15-30(2)3/h5-14,17-18H,4,15-16H2,1-3H3,(H,27,28,29). The first kappa shape index (κ1) is 23.1. The van der Waals surface area contributed by atoms with Gasteiger partial charge in [0.2, 0.25) is 16.0 Å². The summed E-state index contributed by atoms with van der Waals surface area (Å²) in [5.41, 5.74) is 4.10. The fraction of sp³-hybridized carbons (Fsp3) is 0.231. The zero-order valence-electron chi connectivity index (χ0n) is 20.0. The fourth-order valence-electron chi connectivity index (χ4n) is 4.20. The molecule has 0 atom stereocenters. The molecule has 8 nitrogen and oxygen atoms in total. The largest absolute Gasteiger partial charge is 0.346 e. The minimum absolute atomic E-state index is 0.0149. The summed E-state index contributed by atoms with van der Waals surface area (Å²) in [6.45, 7) is 3.54. The van der Waals surface area contributed by atoms with E-state index in [1.807, 2.05) is 30.3 Å². The van der Waals surface area contributed by atoms with Crippen molar-refractivity contribution in [3.8, 4) is 11.3 Å². The van der Waals surface area contributed by atoms with Crippen LogP contribution in [0.4, 0.5) is 11.6 Å². The molecular weight excluding hydrogens is 460 g/mol.